The molecule has 2 rings (SSSR count). The summed E-state index contributed by atoms with van der Waals surface area (Å²) in [6, 6.07) is 0.211. The molecular weight excluding hydrogens is 200 g/mol. The van der Waals surface area contributed by atoms with Crippen LogP contribution in [-0.4, -0.2) is 43.8 Å². The molecule has 1 aliphatic heterocycles. The number of ether oxygens (including phenoxy) is 1. The Morgan fingerprint density at radius 3 is 2.62 bits per heavy atom. The zero-order valence-electron chi connectivity index (χ0n) is 10.7. The van der Waals surface area contributed by atoms with Crippen molar-refractivity contribution >= 4 is 0 Å². The van der Waals surface area contributed by atoms with Crippen molar-refractivity contribution < 1.29 is 4.74 Å². The second kappa shape index (κ2) is 5.03. The maximum Gasteiger partial charge on any atom is 0.0624 e. The lowest BCUT2D eigenvalue weighted by atomic mass is 9.82. The molecule has 3 heteroatoms. The van der Waals surface area contributed by atoms with Crippen LogP contribution in [0.15, 0.2) is 0 Å². The third-order valence-corrected chi connectivity index (χ3v) is 4.40. The Morgan fingerprint density at radius 1 is 1.44 bits per heavy atom. The third-order valence-electron chi connectivity index (χ3n) is 4.40. The molecule has 0 aromatic heterocycles. The van der Waals surface area contributed by atoms with E-state index in [0.717, 1.165) is 32.2 Å². The SMILES string of the molecule is CCN(CC1CCC1)CC1(C)COCC1N. The first kappa shape index (κ1) is 12.3. The molecule has 94 valence electrons. The Kier molecular flexibility index (Phi) is 3.88. The van der Waals surface area contributed by atoms with Gasteiger partial charge in [0.05, 0.1) is 13.2 Å². The summed E-state index contributed by atoms with van der Waals surface area (Å²) in [5.74, 6) is 0.946. The highest BCUT2D eigenvalue weighted by atomic mass is 16.5. The molecule has 0 radical (unpaired) electrons. The van der Waals surface area contributed by atoms with Crippen molar-refractivity contribution in [1.29, 1.82) is 0 Å². The molecule has 2 fully saturated rings. The van der Waals surface area contributed by atoms with Crippen LogP contribution in [0.5, 0.6) is 0 Å². The van der Waals surface area contributed by atoms with Crippen molar-refractivity contribution in [3.8, 4) is 0 Å². The lowest BCUT2D eigenvalue weighted by molar-refractivity contribution is 0.0998. The molecule has 2 unspecified atom stereocenters. The Labute approximate surface area is 99.3 Å². The Hall–Kier alpha value is -0.120. The predicted molar refractivity (Wildman–Crippen MR) is 66.4 cm³/mol. The number of nitrogens with two attached hydrogens (primary N) is 1. The number of rotatable bonds is 5. The number of nitrogens with zero attached hydrogens (tertiary/aromatic N) is 1. The van der Waals surface area contributed by atoms with Gasteiger partial charge in [0, 0.05) is 24.5 Å². The van der Waals surface area contributed by atoms with Crippen LogP contribution in [-0.2, 0) is 4.74 Å². The lowest BCUT2D eigenvalue weighted by Gasteiger charge is -2.37. The van der Waals surface area contributed by atoms with Crippen LogP contribution in [0.2, 0.25) is 0 Å². The van der Waals surface area contributed by atoms with Gasteiger partial charge in [-0.15, -0.1) is 0 Å². The maximum absolute atomic E-state index is 6.14. The van der Waals surface area contributed by atoms with Crippen LogP contribution in [0.3, 0.4) is 0 Å². The van der Waals surface area contributed by atoms with Gasteiger partial charge < -0.3 is 15.4 Å². The van der Waals surface area contributed by atoms with E-state index < -0.39 is 0 Å². The molecule has 2 aliphatic rings. The van der Waals surface area contributed by atoms with E-state index in [9.17, 15) is 0 Å². The fourth-order valence-corrected chi connectivity index (χ4v) is 2.75. The highest BCUT2D eigenvalue weighted by Crippen LogP contribution is 2.31. The molecule has 0 spiro atoms. The molecular formula is C13H26N2O. The number of hydrogen-bond donors (Lipinski definition) is 1. The Morgan fingerprint density at radius 2 is 2.19 bits per heavy atom. The summed E-state index contributed by atoms with van der Waals surface area (Å²) in [5.41, 5.74) is 6.31. The molecule has 0 amide bonds. The molecule has 2 atom stereocenters. The van der Waals surface area contributed by atoms with Crippen molar-refractivity contribution in [2.45, 2.75) is 39.2 Å². The van der Waals surface area contributed by atoms with Crippen molar-refractivity contribution in [2.24, 2.45) is 17.1 Å². The summed E-state index contributed by atoms with van der Waals surface area (Å²) < 4.78 is 5.51. The van der Waals surface area contributed by atoms with Crippen LogP contribution in [0, 0.1) is 11.3 Å². The summed E-state index contributed by atoms with van der Waals surface area (Å²) in [7, 11) is 0. The Balaban J connectivity index is 1.84. The zero-order chi connectivity index (χ0) is 11.6. The van der Waals surface area contributed by atoms with Crippen LogP contribution in [0.4, 0.5) is 0 Å². The Bertz CT molecular complexity index is 230. The molecule has 1 aliphatic carbocycles. The van der Waals surface area contributed by atoms with Gasteiger partial charge in [0.1, 0.15) is 0 Å². The first-order valence-corrected chi connectivity index (χ1v) is 6.70. The fourth-order valence-electron chi connectivity index (χ4n) is 2.75. The molecule has 0 aromatic rings. The van der Waals surface area contributed by atoms with Gasteiger partial charge in [-0.3, -0.25) is 0 Å². The normalized spacial score (nSPS) is 35.6. The highest BCUT2D eigenvalue weighted by molar-refractivity contribution is 4.92. The number of hydrogen-bond acceptors (Lipinski definition) is 3. The van der Waals surface area contributed by atoms with Gasteiger partial charge in [-0.1, -0.05) is 20.3 Å². The van der Waals surface area contributed by atoms with E-state index in [4.69, 9.17) is 10.5 Å². The second-order valence-electron chi connectivity index (χ2n) is 5.90. The van der Waals surface area contributed by atoms with Gasteiger partial charge in [0.25, 0.3) is 0 Å². The standard InChI is InChI=1S/C13H26N2O/c1-3-15(7-11-5-4-6-11)9-13(2)10-16-8-12(13)14/h11-12H,3-10,14H2,1-2H3. The molecule has 16 heavy (non-hydrogen) atoms. The largest absolute Gasteiger partial charge is 0.379 e. The summed E-state index contributed by atoms with van der Waals surface area (Å²) in [6.45, 7) is 9.59. The molecule has 1 saturated carbocycles. The smallest absolute Gasteiger partial charge is 0.0624 e. The third kappa shape index (κ3) is 2.58. The maximum atomic E-state index is 6.14. The first-order valence-electron chi connectivity index (χ1n) is 6.70. The minimum atomic E-state index is 0.166. The van der Waals surface area contributed by atoms with Crippen LogP contribution in [0.25, 0.3) is 0 Å². The monoisotopic (exact) mass is 226 g/mol. The van der Waals surface area contributed by atoms with E-state index in [0.29, 0.717) is 0 Å². The van der Waals surface area contributed by atoms with Crippen molar-refractivity contribution in [2.75, 3.05) is 32.8 Å². The highest BCUT2D eigenvalue weighted by Gasteiger charge is 2.39. The van der Waals surface area contributed by atoms with Gasteiger partial charge >= 0.3 is 0 Å². The molecule has 1 saturated heterocycles. The molecule has 0 bridgehead atoms. The van der Waals surface area contributed by atoms with Crippen molar-refractivity contribution in [3.05, 3.63) is 0 Å². The van der Waals surface area contributed by atoms with E-state index in [1.54, 1.807) is 0 Å². The lowest BCUT2D eigenvalue weighted by Crippen LogP contribution is -2.48. The second-order valence-corrected chi connectivity index (χ2v) is 5.90. The van der Waals surface area contributed by atoms with Crippen LogP contribution in [0.1, 0.15) is 33.1 Å². The van der Waals surface area contributed by atoms with Gasteiger partial charge in [-0.2, -0.15) is 0 Å². The van der Waals surface area contributed by atoms with Crippen molar-refractivity contribution in [3.63, 3.8) is 0 Å². The molecule has 2 N–H and O–H groups in total. The average molecular weight is 226 g/mol. The van der Waals surface area contributed by atoms with Crippen LogP contribution >= 0.6 is 0 Å². The quantitative estimate of drug-likeness (QED) is 0.771. The van der Waals surface area contributed by atoms with E-state index >= 15 is 0 Å². The first-order chi connectivity index (χ1) is 7.64. The van der Waals surface area contributed by atoms with Crippen LogP contribution < -0.4 is 5.73 Å². The predicted octanol–water partition coefficient (Wildman–Crippen LogP) is 1.47. The van der Waals surface area contributed by atoms with E-state index in [2.05, 4.69) is 18.7 Å². The summed E-state index contributed by atoms with van der Waals surface area (Å²) in [4.78, 5) is 2.57. The zero-order valence-corrected chi connectivity index (χ0v) is 10.7. The van der Waals surface area contributed by atoms with Gasteiger partial charge in [0.15, 0.2) is 0 Å². The van der Waals surface area contributed by atoms with E-state index in [1.807, 2.05) is 0 Å². The molecule has 3 nitrogen and oxygen atoms in total. The van der Waals surface area contributed by atoms with E-state index in [1.165, 1.54) is 25.8 Å². The minimum absolute atomic E-state index is 0.166. The topological polar surface area (TPSA) is 38.5 Å². The minimum Gasteiger partial charge on any atom is -0.379 e. The van der Waals surface area contributed by atoms with Gasteiger partial charge in [-0.25, -0.2) is 0 Å². The fraction of sp³-hybridized carbons (Fsp3) is 1.00. The van der Waals surface area contributed by atoms with Gasteiger partial charge in [-0.05, 0) is 25.3 Å². The summed E-state index contributed by atoms with van der Waals surface area (Å²) in [6.07, 6.45) is 4.29. The summed E-state index contributed by atoms with van der Waals surface area (Å²) >= 11 is 0. The average Bonchev–Trinajstić information content (AvgIpc) is 2.51. The van der Waals surface area contributed by atoms with Gasteiger partial charge in [0.2, 0.25) is 0 Å². The molecule has 0 aromatic carbocycles. The van der Waals surface area contributed by atoms with E-state index in [-0.39, 0.29) is 11.5 Å². The summed E-state index contributed by atoms with van der Waals surface area (Å²) in [5, 5.41) is 0. The molecule has 1 heterocycles. The van der Waals surface area contributed by atoms with Crippen molar-refractivity contribution in [1.82, 2.24) is 4.90 Å².